The lowest BCUT2D eigenvalue weighted by atomic mass is 9.50. The summed E-state index contributed by atoms with van der Waals surface area (Å²) in [4.78, 5) is 42.3. The molecule has 11 fully saturated rings. The summed E-state index contributed by atoms with van der Waals surface area (Å²) >= 11 is 0. The Balaban J connectivity index is 0.000000112. The molecule has 0 amide bonds. The minimum Gasteiger partial charge on any atom is -0.482 e. The van der Waals surface area contributed by atoms with Crippen molar-refractivity contribution in [1.82, 2.24) is 0 Å². The van der Waals surface area contributed by atoms with Crippen LogP contribution in [0, 0.1) is 61.2 Å². The van der Waals surface area contributed by atoms with Crippen LogP contribution in [0.1, 0.15) is 173 Å². The monoisotopic (exact) mass is 1570 g/mol. The smallest absolute Gasteiger partial charge is 0.344 e. The van der Waals surface area contributed by atoms with E-state index in [2.05, 4.69) is 183 Å². The van der Waals surface area contributed by atoms with Gasteiger partial charge in [-0.05, 0) is 306 Å². The molecule has 10 aliphatic carbocycles. The molecule has 3 unspecified atom stereocenters. The first-order valence-electron chi connectivity index (χ1n) is 41.5. The summed E-state index contributed by atoms with van der Waals surface area (Å²) in [5.74, 6) is 11.6. The summed E-state index contributed by atoms with van der Waals surface area (Å²) < 4.78 is 51.2. The topological polar surface area (TPSA) is 125 Å². The Labute approximate surface area is 668 Å². The maximum Gasteiger partial charge on any atom is 0.344 e. The molecule has 10 aromatic rings. The van der Waals surface area contributed by atoms with Crippen LogP contribution >= 0.6 is 31.4 Å². The zero-order chi connectivity index (χ0) is 76.1. The summed E-state index contributed by atoms with van der Waals surface area (Å²) in [6.07, 6.45) is 27.2. The maximum absolute atomic E-state index is 12.7. The predicted molar refractivity (Wildman–Crippen MR) is 454 cm³/mol. The molecule has 0 N–H and O–H groups in total. The van der Waals surface area contributed by atoms with Gasteiger partial charge in [-0.3, -0.25) is 0 Å². The van der Waals surface area contributed by atoms with Crippen LogP contribution in [0.2, 0.25) is 0 Å². The van der Waals surface area contributed by atoms with E-state index < -0.39 is 0 Å². The molecular formula is C96H112O11S4+4. The molecule has 11 nitrogen and oxygen atoms in total. The first-order chi connectivity index (χ1) is 54.1. The quantitative estimate of drug-likeness (QED) is 0.0295. The number of benzene rings is 7. The zero-order valence-electron chi connectivity index (χ0n) is 65.6. The SMILES string of the molecule is CC1(OC(=O)COc2ccc(-[s+]3ccc4ccccc43)cc2)C2CC3CC(C2)CC1C3.CC1(OC(=O)COc2ccc(-[s+]3ccc4ccccc43)cc2)CCCCC1.CCC1(OC(=O)COc2ccc(-[s+]3ccc4ccccc43)cc2)CCCC1.Cc1cc([S+]2CCCC2)cc(C)c1OCOC1C2CC3CC(C2)CC1C3. The number of hydrogen-bond donors (Lipinski definition) is 0. The van der Waals surface area contributed by atoms with E-state index in [9.17, 15) is 14.4 Å². The van der Waals surface area contributed by atoms with E-state index in [1.54, 1.807) is 4.90 Å². The number of hydrogen-bond acceptors (Lipinski definition) is 11. The molecule has 4 heterocycles. The maximum atomic E-state index is 12.7. The van der Waals surface area contributed by atoms with E-state index in [1.165, 1.54) is 151 Å². The van der Waals surface area contributed by atoms with Gasteiger partial charge in [0.1, 0.15) is 67.4 Å². The summed E-state index contributed by atoms with van der Waals surface area (Å²) in [6, 6.07) is 61.1. The van der Waals surface area contributed by atoms with Crippen LogP contribution in [0.4, 0.5) is 0 Å². The van der Waals surface area contributed by atoms with Gasteiger partial charge in [-0.2, -0.15) is 0 Å². The fourth-order valence-electron chi connectivity index (χ4n) is 20.8. The lowest BCUT2D eigenvalue weighted by Crippen LogP contribution is -2.58. The number of ether oxygens (including phenoxy) is 8. The lowest BCUT2D eigenvalue weighted by Gasteiger charge is -2.59. The summed E-state index contributed by atoms with van der Waals surface area (Å²) in [6.45, 7) is 11.1. The number of fused-ring (bicyclic) bond motifs is 3. The molecule has 21 rings (SSSR count). The summed E-state index contributed by atoms with van der Waals surface area (Å²) in [5, 5.41) is 10.7. The average Bonchev–Trinajstić information content (AvgIpc) is 1.46. The van der Waals surface area contributed by atoms with Crippen LogP contribution < -0.4 is 18.9 Å². The number of aryl methyl sites for hydroxylation is 2. The van der Waals surface area contributed by atoms with Crippen molar-refractivity contribution in [2.24, 2.45) is 47.3 Å². The first-order valence-corrected chi connectivity index (χ1v) is 46.9. The van der Waals surface area contributed by atoms with Gasteiger partial charge in [0.05, 0.1) is 6.10 Å². The van der Waals surface area contributed by atoms with E-state index in [1.807, 2.05) is 43.3 Å². The van der Waals surface area contributed by atoms with E-state index in [4.69, 9.17) is 37.9 Å². The summed E-state index contributed by atoms with van der Waals surface area (Å²) in [7, 11) is 0.405. The number of thiophene rings is 3. The molecule has 3 aromatic heterocycles. The normalized spacial score (nSPS) is 25.4. The molecule has 111 heavy (non-hydrogen) atoms. The Kier molecular flexibility index (Phi) is 24.1. The second-order valence-corrected chi connectivity index (χ2v) is 41.6. The highest BCUT2D eigenvalue weighted by atomic mass is 32.2. The van der Waals surface area contributed by atoms with Gasteiger partial charge in [0.15, 0.2) is 60.3 Å². The van der Waals surface area contributed by atoms with Crippen molar-refractivity contribution in [2.45, 2.75) is 204 Å². The van der Waals surface area contributed by atoms with Gasteiger partial charge >= 0.3 is 17.9 Å². The standard InChI is InChI=1S/C27H29O3S.2C23H25O3S.C23H33O2S/c1-27(21-13-18-12-19(15-21)16-22(27)14-18)30-26(28)17-29-23-6-8-24(9-7-23)31-11-10-20-4-2-3-5-25(20)31;1-23(14-5-2-6-15-23)26-22(24)17-25-19-9-11-20(12-10-19)27-16-13-18-7-3-4-8-21(18)27;1-2-23(14-5-6-15-23)26-22(24)17-25-19-9-11-20(12-10-19)27-16-13-18-7-3-4-8-21(18)27;1-15-7-21(26-5-3-4-6-26)8-16(2)22(15)24-14-25-23-19-10-17-9-18(12-19)13-20(23)11-17/h2-11,18-19,21-22H,12-17H2,1H3;2*3-4,7-13,16H,2,5-6,14-15,17H2,1H3;7-8,17-20,23H,3-6,9-14H2,1-2H3/q4*+1. The second-order valence-electron chi connectivity index (χ2n) is 33.8. The van der Waals surface area contributed by atoms with Gasteiger partial charge in [0.25, 0.3) is 0 Å². The third kappa shape index (κ3) is 18.0. The molecule has 7 aromatic carbocycles. The van der Waals surface area contributed by atoms with Crippen LogP contribution in [0.3, 0.4) is 0 Å². The zero-order valence-corrected chi connectivity index (χ0v) is 68.9. The molecule has 0 radical (unpaired) electrons. The highest BCUT2D eigenvalue weighted by Gasteiger charge is 2.57. The Morgan fingerprint density at radius 3 is 1.22 bits per heavy atom. The highest BCUT2D eigenvalue weighted by Crippen LogP contribution is 2.60. The Hall–Kier alpha value is -7.66. The lowest BCUT2D eigenvalue weighted by molar-refractivity contribution is -0.204. The van der Waals surface area contributed by atoms with Crippen molar-refractivity contribution in [1.29, 1.82) is 0 Å². The Morgan fingerprint density at radius 1 is 0.405 bits per heavy atom. The van der Waals surface area contributed by atoms with Gasteiger partial charge in [-0.15, -0.1) is 0 Å². The second kappa shape index (κ2) is 34.6. The number of carbonyl (C=O) groups excluding carboxylic acids is 3. The minimum atomic E-state index is -0.314. The molecule has 8 bridgehead atoms. The van der Waals surface area contributed by atoms with Crippen LogP contribution in [0.5, 0.6) is 23.0 Å². The number of esters is 3. The molecule has 1 aliphatic heterocycles. The van der Waals surface area contributed by atoms with Crippen molar-refractivity contribution >= 4 is 90.5 Å². The first kappa shape index (κ1) is 77.3. The van der Waals surface area contributed by atoms with Crippen LogP contribution in [0.25, 0.3) is 44.9 Å². The van der Waals surface area contributed by atoms with Gasteiger partial charge in [0, 0.05) is 113 Å². The molecule has 582 valence electrons. The highest BCUT2D eigenvalue weighted by molar-refractivity contribution is 7.97. The van der Waals surface area contributed by atoms with Crippen LogP contribution in [-0.4, -0.2) is 78.9 Å². The van der Waals surface area contributed by atoms with Crippen LogP contribution in [-0.2, 0) is 44.2 Å². The van der Waals surface area contributed by atoms with Gasteiger partial charge in [-0.1, -0.05) is 49.7 Å². The Bertz CT molecular complexity index is 4740. The molecule has 15 heteroatoms. The van der Waals surface area contributed by atoms with Gasteiger partial charge in [-0.25, -0.2) is 14.4 Å². The molecule has 3 atom stereocenters. The fraction of sp³-hybridized carbons (Fsp3) is 0.469. The average molecular weight is 1570 g/mol. The third-order valence-electron chi connectivity index (χ3n) is 26.2. The predicted octanol–water partition coefficient (Wildman–Crippen LogP) is 24.4. The van der Waals surface area contributed by atoms with E-state index in [-0.39, 0.29) is 85.9 Å². The van der Waals surface area contributed by atoms with Crippen LogP contribution in [0.15, 0.2) is 197 Å². The fourth-order valence-corrected chi connectivity index (χ4v) is 28.9. The van der Waals surface area contributed by atoms with Gasteiger partial charge < -0.3 is 37.9 Å². The van der Waals surface area contributed by atoms with E-state index in [0.717, 1.165) is 105 Å². The van der Waals surface area contributed by atoms with Crippen molar-refractivity contribution in [2.75, 3.05) is 38.1 Å². The minimum absolute atomic E-state index is 0.0182. The van der Waals surface area contributed by atoms with Crippen molar-refractivity contribution in [3.63, 3.8) is 0 Å². The third-order valence-corrected chi connectivity index (χ3v) is 34.7. The van der Waals surface area contributed by atoms with Crippen molar-refractivity contribution in [3.8, 4) is 37.7 Å². The molecule has 10 saturated carbocycles. The largest absolute Gasteiger partial charge is 0.482 e. The Morgan fingerprint density at radius 2 is 0.793 bits per heavy atom. The van der Waals surface area contributed by atoms with Crippen molar-refractivity contribution in [3.05, 3.63) is 203 Å². The molecule has 1 saturated heterocycles. The van der Waals surface area contributed by atoms with E-state index in [0.29, 0.717) is 47.1 Å². The van der Waals surface area contributed by atoms with Crippen molar-refractivity contribution < 1.29 is 52.3 Å². The van der Waals surface area contributed by atoms with Gasteiger partial charge in [0.2, 0.25) is 0 Å². The summed E-state index contributed by atoms with van der Waals surface area (Å²) in [5.41, 5.74) is 1.71. The van der Waals surface area contributed by atoms with E-state index >= 15 is 0 Å². The molecular weight excluding hydrogens is 1460 g/mol. The molecule has 11 aliphatic rings. The molecule has 0 spiro atoms. The number of rotatable bonds is 21. The number of carbonyl (C=O) groups is 3.